The number of aromatic amines is 1. The van der Waals surface area contributed by atoms with Crippen molar-refractivity contribution in [1.29, 1.82) is 0 Å². The Morgan fingerprint density at radius 3 is 3.00 bits per heavy atom. The Morgan fingerprint density at radius 2 is 2.29 bits per heavy atom. The van der Waals surface area contributed by atoms with E-state index in [9.17, 15) is 5.41 Å². The van der Waals surface area contributed by atoms with E-state index in [-0.39, 0.29) is 5.17 Å². The van der Waals surface area contributed by atoms with Crippen LogP contribution in [0.5, 0.6) is 0 Å². The molecule has 1 radical (unpaired) electrons. The maximum absolute atomic E-state index is 9.25. The van der Waals surface area contributed by atoms with E-state index in [2.05, 4.69) is 15.3 Å². The standard InChI is InChI=1S/C9H9N4S/c1-14-8(10)13-9-11-6-4-2-3-5-7(6)12-9/h2-5H,1H3,(H2,11,12,13). The van der Waals surface area contributed by atoms with Crippen LogP contribution in [0.1, 0.15) is 0 Å². The molecule has 1 aromatic heterocycles. The number of aromatic nitrogens is 2. The Morgan fingerprint density at radius 1 is 1.50 bits per heavy atom. The normalized spacial score (nSPS) is 10.4. The van der Waals surface area contributed by atoms with Gasteiger partial charge in [-0.3, -0.25) is 0 Å². The van der Waals surface area contributed by atoms with Gasteiger partial charge in [0, 0.05) is 0 Å². The molecule has 0 aliphatic rings. The Balaban J connectivity index is 2.31. The maximum atomic E-state index is 9.25. The number of hydrogen-bond donors (Lipinski definition) is 2. The van der Waals surface area contributed by atoms with Gasteiger partial charge in [-0.2, -0.15) is 0 Å². The summed E-state index contributed by atoms with van der Waals surface area (Å²) in [5.41, 5.74) is 1.83. The highest BCUT2D eigenvalue weighted by Gasteiger charge is 2.02. The number of thioether (sulfide) groups is 1. The number of nitrogens with zero attached hydrogens (tertiary/aromatic N) is 2. The molecule has 71 valence electrons. The molecule has 2 aromatic rings. The summed E-state index contributed by atoms with van der Waals surface area (Å²) in [5.74, 6) is 0.554. The predicted molar refractivity (Wildman–Crippen MR) is 60.4 cm³/mol. The number of benzene rings is 1. The Bertz CT molecular complexity index is 430. The SMILES string of the molecule is CSC(=[N])Nc1nc2ccccc2[nH]1. The summed E-state index contributed by atoms with van der Waals surface area (Å²) in [6, 6.07) is 7.70. The van der Waals surface area contributed by atoms with E-state index in [1.807, 2.05) is 24.3 Å². The van der Waals surface area contributed by atoms with Gasteiger partial charge in [0.15, 0.2) is 5.17 Å². The lowest BCUT2D eigenvalue weighted by molar-refractivity contribution is 1.34. The molecule has 0 spiro atoms. The van der Waals surface area contributed by atoms with Crippen molar-refractivity contribution >= 4 is 33.9 Å². The van der Waals surface area contributed by atoms with Crippen LogP contribution in [-0.4, -0.2) is 21.4 Å². The van der Waals surface area contributed by atoms with Crippen molar-refractivity contribution in [3.05, 3.63) is 24.3 Å². The molecule has 0 atom stereocenters. The highest BCUT2D eigenvalue weighted by Crippen LogP contribution is 2.13. The summed E-state index contributed by atoms with van der Waals surface area (Å²) >= 11 is 1.23. The molecule has 1 heterocycles. The first kappa shape index (κ1) is 9.08. The van der Waals surface area contributed by atoms with Gasteiger partial charge < -0.3 is 10.3 Å². The van der Waals surface area contributed by atoms with Crippen molar-refractivity contribution in [3.63, 3.8) is 0 Å². The molecular formula is C9H9N4S. The summed E-state index contributed by atoms with van der Waals surface area (Å²) in [6.07, 6.45) is 1.78. The molecule has 14 heavy (non-hydrogen) atoms. The van der Waals surface area contributed by atoms with Crippen LogP contribution in [0.2, 0.25) is 0 Å². The average molecular weight is 205 g/mol. The third-order valence-corrected chi connectivity index (χ3v) is 2.30. The zero-order chi connectivity index (χ0) is 9.97. The summed E-state index contributed by atoms with van der Waals surface area (Å²) in [5, 5.41) is 12.1. The quantitative estimate of drug-likeness (QED) is 0.547. The van der Waals surface area contributed by atoms with Crippen molar-refractivity contribution in [2.24, 2.45) is 0 Å². The zero-order valence-electron chi connectivity index (χ0n) is 7.61. The largest absolute Gasteiger partial charge is 0.324 e. The van der Waals surface area contributed by atoms with Crippen LogP contribution in [0, 0.1) is 0 Å². The molecule has 0 aliphatic heterocycles. The van der Waals surface area contributed by atoms with Crippen molar-refractivity contribution < 1.29 is 0 Å². The highest BCUT2D eigenvalue weighted by molar-refractivity contribution is 8.13. The molecule has 0 fully saturated rings. The Hall–Kier alpha value is -1.49. The van der Waals surface area contributed by atoms with E-state index in [0.29, 0.717) is 5.95 Å². The van der Waals surface area contributed by atoms with Crippen LogP contribution in [0.3, 0.4) is 0 Å². The third kappa shape index (κ3) is 1.72. The molecule has 5 heteroatoms. The van der Waals surface area contributed by atoms with Gasteiger partial charge in [-0.05, 0) is 18.4 Å². The lowest BCUT2D eigenvalue weighted by Gasteiger charge is -1.97. The molecule has 0 amide bonds. The number of rotatable bonds is 1. The first-order chi connectivity index (χ1) is 6.79. The van der Waals surface area contributed by atoms with Crippen LogP contribution in [0.4, 0.5) is 5.95 Å². The fraction of sp³-hybridized carbons (Fsp3) is 0.111. The number of fused-ring (bicyclic) bond motifs is 1. The molecule has 0 unspecified atom stereocenters. The summed E-state index contributed by atoms with van der Waals surface area (Å²) < 4.78 is 0. The molecule has 4 nitrogen and oxygen atoms in total. The smallest absolute Gasteiger partial charge is 0.207 e. The number of para-hydroxylation sites is 2. The van der Waals surface area contributed by atoms with Gasteiger partial charge >= 0.3 is 0 Å². The van der Waals surface area contributed by atoms with Gasteiger partial charge in [0.05, 0.1) is 11.0 Å². The molecule has 0 aliphatic carbocycles. The van der Waals surface area contributed by atoms with Crippen LogP contribution >= 0.6 is 11.8 Å². The number of amidine groups is 1. The van der Waals surface area contributed by atoms with Crippen molar-refractivity contribution in [3.8, 4) is 0 Å². The number of anilines is 1. The van der Waals surface area contributed by atoms with Crippen LogP contribution in [0.15, 0.2) is 24.3 Å². The van der Waals surface area contributed by atoms with E-state index >= 15 is 0 Å². The van der Waals surface area contributed by atoms with Crippen LogP contribution < -0.4 is 10.7 Å². The minimum absolute atomic E-state index is 0.129. The van der Waals surface area contributed by atoms with Crippen molar-refractivity contribution in [1.82, 2.24) is 15.4 Å². The fourth-order valence-corrected chi connectivity index (χ4v) is 1.36. The molecule has 2 rings (SSSR count). The Kier molecular flexibility index (Phi) is 2.41. The first-order valence-corrected chi connectivity index (χ1v) is 5.34. The fourth-order valence-electron chi connectivity index (χ4n) is 1.16. The van der Waals surface area contributed by atoms with Crippen LogP contribution in [0.25, 0.3) is 11.0 Å². The second kappa shape index (κ2) is 3.71. The number of nitrogens with one attached hydrogen (secondary N) is 2. The molecule has 1 aromatic carbocycles. The highest BCUT2D eigenvalue weighted by atomic mass is 32.2. The molecule has 0 bridgehead atoms. The first-order valence-electron chi connectivity index (χ1n) is 4.11. The predicted octanol–water partition coefficient (Wildman–Crippen LogP) is 1.49. The van der Waals surface area contributed by atoms with Gasteiger partial charge in [-0.15, -0.1) is 5.41 Å². The topological polar surface area (TPSA) is 63.0 Å². The van der Waals surface area contributed by atoms with Gasteiger partial charge in [-0.1, -0.05) is 23.9 Å². The minimum atomic E-state index is 0.129. The van der Waals surface area contributed by atoms with Crippen LogP contribution in [-0.2, 0) is 0 Å². The van der Waals surface area contributed by atoms with Gasteiger partial charge in [0.1, 0.15) is 0 Å². The lowest BCUT2D eigenvalue weighted by atomic mass is 10.3. The lowest BCUT2D eigenvalue weighted by Crippen LogP contribution is -2.08. The summed E-state index contributed by atoms with van der Waals surface area (Å²) in [7, 11) is 0. The van der Waals surface area contributed by atoms with Gasteiger partial charge in [-0.25, -0.2) is 4.98 Å². The minimum Gasteiger partial charge on any atom is -0.324 e. The van der Waals surface area contributed by atoms with Crippen molar-refractivity contribution in [2.45, 2.75) is 0 Å². The Labute approximate surface area is 85.6 Å². The van der Waals surface area contributed by atoms with Gasteiger partial charge in [0.2, 0.25) is 5.95 Å². The van der Waals surface area contributed by atoms with E-state index < -0.39 is 0 Å². The second-order valence-electron chi connectivity index (χ2n) is 2.74. The average Bonchev–Trinajstić information content (AvgIpc) is 2.59. The van der Waals surface area contributed by atoms with Gasteiger partial charge in [0.25, 0.3) is 0 Å². The monoisotopic (exact) mass is 205 g/mol. The third-order valence-electron chi connectivity index (χ3n) is 1.81. The molecule has 2 N–H and O–H groups in total. The number of imidazole rings is 1. The summed E-state index contributed by atoms with van der Waals surface area (Å²) in [4.78, 5) is 7.28. The van der Waals surface area contributed by atoms with Crippen molar-refractivity contribution in [2.75, 3.05) is 11.6 Å². The number of hydrogen-bond acceptors (Lipinski definition) is 2. The molecule has 0 saturated carbocycles. The van der Waals surface area contributed by atoms with E-state index in [0.717, 1.165) is 11.0 Å². The number of H-pyrrole nitrogens is 1. The summed E-state index contributed by atoms with van der Waals surface area (Å²) in [6.45, 7) is 0. The zero-order valence-corrected chi connectivity index (χ0v) is 8.43. The molecule has 0 saturated heterocycles. The maximum Gasteiger partial charge on any atom is 0.207 e. The van der Waals surface area contributed by atoms with E-state index in [4.69, 9.17) is 0 Å². The molecular weight excluding hydrogens is 196 g/mol. The second-order valence-corrected chi connectivity index (χ2v) is 3.53. The van der Waals surface area contributed by atoms with E-state index in [1.165, 1.54) is 11.8 Å². The van der Waals surface area contributed by atoms with E-state index in [1.54, 1.807) is 6.26 Å².